The summed E-state index contributed by atoms with van der Waals surface area (Å²) in [5.74, 6) is -1.02. The second-order valence-electron chi connectivity index (χ2n) is 6.09. The van der Waals surface area contributed by atoms with Crippen molar-refractivity contribution < 1.29 is 39.7 Å². The minimum Gasteiger partial charge on any atom is -1.00 e. The van der Waals surface area contributed by atoms with E-state index in [2.05, 4.69) is 4.98 Å². The zero-order chi connectivity index (χ0) is 15.8. The van der Waals surface area contributed by atoms with Gasteiger partial charge in [0, 0.05) is 19.3 Å². The summed E-state index contributed by atoms with van der Waals surface area (Å²) in [5.41, 5.74) is -1.42. The first-order chi connectivity index (χ1) is 9.64. The number of pyridine rings is 1. The van der Waals surface area contributed by atoms with Gasteiger partial charge in [0.25, 0.3) is 0 Å². The number of nitrogens with zero attached hydrogens (tertiary/aromatic N) is 2. The van der Waals surface area contributed by atoms with Crippen LogP contribution in [0.2, 0.25) is 5.02 Å². The second-order valence-corrected chi connectivity index (χ2v) is 6.52. The molecule has 1 aliphatic rings. The Morgan fingerprint density at radius 1 is 1.41 bits per heavy atom. The van der Waals surface area contributed by atoms with Crippen LogP contribution in [0, 0.1) is 0 Å². The molecular formula is C14H18ClLiN2O4. The van der Waals surface area contributed by atoms with Crippen molar-refractivity contribution >= 4 is 23.7 Å². The number of carboxylic acids is 1. The van der Waals surface area contributed by atoms with Gasteiger partial charge in [0.15, 0.2) is 0 Å². The molecule has 2 rings (SSSR count). The van der Waals surface area contributed by atoms with Crippen LogP contribution in [0.5, 0.6) is 0 Å². The summed E-state index contributed by atoms with van der Waals surface area (Å²) in [6, 6.07) is 3.16. The molecule has 1 aromatic rings. The maximum Gasteiger partial charge on any atom is 1.00 e. The van der Waals surface area contributed by atoms with Crippen LogP contribution < -0.4 is 18.9 Å². The van der Waals surface area contributed by atoms with Crippen LogP contribution in [0.1, 0.15) is 27.9 Å². The molecule has 8 heteroatoms. The quantitative estimate of drug-likeness (QED) is 0.738. The fourth-order valence-corrected chi connectivity index (χ4v) is 2.24. The van der Waals surface area contributed by atoms with E-state index in [9.17, 15) is 14.7 Å². The van der Waals surface area contributed by atoms with E-state index in [1.807, 2.05) is 0 Å². The van der Waals surface area contributed by atoms with Crippen molar-refractivity contribution in [3.63, 3.8) is 0 Å². The van der Waals surface area contributed by atoms with E-state index in [1.54, 1.807) is 32.9 Å². The molecule has 0 aromatic carbocycles. The molecule has 0 bridgehead atoms. The van der Waals surface area contributed by atoms with Gasteiger partial charge in [0.1, 0.15) is 11.0 Å². The SMILES string of the molecule is CC(C)(C)OC(=O)N1CC(C(=O)O)(c2ccc(Cl)cn2)C1.[H-].[Li+]. The number of hydrogen-bond donors (Lipinski definition) is 1. The van der Waals surface area contributed by atoms with E-state index in [0.717, 1.165) is 0 Å². The summed E-state index contributed by atoms with van der Waals surface area (Å²) < 4.78 is 5.22. The normalized spacial score (nSPS) is 16.3. The fourth-order valence-electron chi connectivity index (χ4n) is 2.13. The van der Waals surface area contributed by atoms with Crippen LogP contribution in [0.3, 0.4) is 0 Å². The molecule has 0 aliphatic carbocycles. The Morgan fingerprint density at radius 2 is 2.00 bits per heavy atom. The molecule has 0 radical (unpaired) electrons. The van der Waals surface area contributed by atoms with E-state index < -0.39 is 23.1 Å². The molecule has 1 N–H and O–H groups in total. The number of halogens is 1. The van der Waals surface area contributed by atoms with Crippen molar-refractivity contribution in [1.82, 2.24) is 9.88 Å². The number of amides is 1. The summed E-state index contributed by atoms with van der Waals surface area (Å²) in [7, 11) is 0. The Labute approximate surface area is 147 Å². The average molecular weight is 321 g/mol. The van der Waals surface area contributed by atoms with E-state index in [-0.39, 0.29) is 33.4 Å². The number of aliphatic carboxylic acids is 1. The maximum atomic E-state index is 11.9. The second kappa shape index (κ2) is 6.49. The predicted octanol–water partition coefficient (Wildman–Crippen LogP) is -0.575. The zero-order valence-electron chi connectivity index (χ0n) is 14.1. The van der Waals surface area contributed by atoms with Crippen molar-refractivity contribution in [2.75, 3.05) is 13.1 Å². The van der Waals surface area contributed by atoms with Crippen LogP contribution in [-0.4, -0.2) is 45.7 Å². The topological polar surface area (TPSA) is 79.7 Å². The molecule has 1 aliphatic heterocycles. The summed E-state index contributed by atoms with van der Waals surface area (Å²) in [5, 5.41) is 9.92. The van der Waals surface area contributed by atoms with Crippen molar-refractivity contribution in [1.29, 1.82) is 0 Å². The molecule has 6 nitrogen and oxygen atoms in total. The predicted molar refractivity (Wildman–Crippen MR) is 77.5 cm³/mol. The van der Waals surface area contributed by atoms with Gasteiger partial charge in [-0.1, -0.05) is 11.6 Å². The monoisotopic (exact) mass is 320 g/mol. The van der Waals surface area contributed by atoms with Crippen LogP contribution in [0.25, 0.3) is 0 Å². The first-order valence-electron chi connectivity index (χ1n) is 6.47. The van der Waals surface area contributed by atoms with Crippen LogP contribution >= 0.6 is 11.6 Å². The third-order valence-corrected chi connectivity index (χ3v) is 3.42. The minimum absolute atomic E-state index is 0. The van der Waals surface area contributed by atoms with Gasteiger partial charge in [0.05, 0.1) is 10.7 Å². The van der Waals surface area contributed by atoms with Gasteiger partial charge in [0.2, 0.25) is 0 Å². The van der Waals surface area contributed by atoms with Crippen molar-refractivity contribution in [3.8, 4) is 0 Å². The minimum atomic E-state index is -1.19. The molecule has 0 spiro atoms. The molecule has 1 amide bonds. The van der Waals surface area contributed by atoms with Crippen molar-refractivity contribution in [2.45, 2.75) is 31.8 Å². The van der Waals surface area contributed by atoms with Gasteiger partial charge in [-0.05, 0) is 32.9 Å². The van der Waals surface area contributed by atoms with Crippen molar-refractivity contribution in [3.05, 3.63) is 29.0 Å². The van der Waals surface area contributed by atoms with Crippen LogP contribution in [-0.2, 0) is 14.9 Å². The molecule has 1 aromatic heterocycles. The van der Waals surface area contributed by atoms with Gasteiger partial charge < -0.3 is 16.2 Å². The fraction of sp³-hybridized carbons (Fsp3) is 0.500. The number of ether oxygens (including phenoxy) is 1. The molecule has 0 saturated carbocycles. The molecule has 1 fully saturated rings. The molecule has 116 valence electrons. The number of carbonyl (C=O) groups excluding carboxylic acids is 1. The third kappa shape index (κ3) is 3.75. The Balaban J connectivity index is 0.00000242. The molecule has 0 unspecified atom stereocenters. The standard InChI is InChI=1S/C14H17ClN2O4.Li.H/c1-13(2,3)21-12(20)17-7-14(8-17,11(18)19)10-5-4-9(15)6-16-10;;/h4-6H,7-8H2,1-3H3,(H,18,19);;/q;+1;-1. The smallest absolute Gasteiger partial charge is 1.00 e. The van der Waals surface area contributed by atoms with E-state index >= 15 is 0 Å². The third-order valence-electron chi connectivity index (χ3n) is 3.20. The number of carboxylic acid groups (broad SMARTS) is 1. The summed E-state index contributed by atoms with van der Waals surface area (Å²) in [4.78, 5) is 28.9. The number of likely N-dealkylation sites (tertiary alicyclic amines) is 1. The summed E-state index contributed by atoms with van der Waals surface area (Å²) in [6.07, 6.45) is 0.880. The van der Waals surface area contributed by atoms with Crippen LogP contribution in [0.15, 0.2) is 18.3 Å². The van der Waals surface area contributed by atoms with Gasteiger partial charge >= 0.3 is 30.9 Å². The number of aromatic nitrogens is 1. The van der Waals surface area contributed by atoms with E-state index in [4.69, 9.17) is 16.3 Å². The first-order valence-corrected chi connectivity index (χ1v) is 6.85. The Kier molecular flexibility index (Phi) is 5.55. The molecule has 0 atom stereocenters. The zero-order valence-corrected chi connectivity index (χ0v) is 13.8. The molecular weight excluding hydrogens is 303 g/mol. The van der Waals surface area contributed by atoms with Gasteiger partial charge in [-0.25, -0.2) is 4.79 Å². The van der Waals surface area contributed by atoms with Gasteiger partial charge in [-0.15, -0.1) is 0 Å². The van der Waals surface area contributed by atoms with E-state index in [0.29, 0.717) is 10.7 Å². The first kappa shape index (κ1) is 18.8. The number of hydrogen-bond acceptors (Lipinski definition) is 4. The van der Waals surface area contributed by atoms with Crippen molar-refractivity contribution in [2.24, 2.45) is 0 Å². The maximum absolute atomic E-state index is 11.9. The molecule has 22 heavy (non-hydrogen) atoms. The molecule has 1 saturated heterocycles. The average Bonchev–Trinajstić information content (AvgIpc) is 2.27. The van der Waals surface area contributed by atoms with Gasteiger partial charge in [-0.3, -0.25) is 9.78 Å². The Morgan fingerprint density at radius 3 is 2.41 bits per heavy atom. The van der Waals surface area contributed by atoms with E-state index in [1.165, 1.54) is 11.1 Å². The van der Waals surface area contributed by atoms with Crippen LogP contribution in [0.4, 0.5) is 4.79 Å². The number of rotatable bonds is 2. The Hall–Kier alpha value is -1.22. The Bertz CT molecular complexity index is 571. The summed E-state index contributed by atoms with van der Waals surface area (Å²) in [6.45, 7) is 5.35. The number of carbonyl (C=O) groups is 2. The molecule has 2 heterocycles. The van der Waals surface area contributed by atoms with Gasteiger partial charge in [-0.2, -0.15) is 0 Å². The largest absolute Gasteiger partial charge is 1.00 e. The summed E-state index contributed by atoms with van der Waals surface area (Å²) >= 11 is 5.76.